The van der Waals surface area contributed by atoms with Crippen LogP contribution in [0.2, 0.25) is 0 Å². The van der Waals surface area contributed by atoms with E-state index in [-0.39, 0.29) is 0 Å². The van der Waals surface area contributed by atoms with Crippen molar-refractivity contribution in [2.75, 3.05) is 25.7 Å². The van der Waals surface area contributed by atoms with Gasteiger partial charge in [0.15, 0.2) is 0 Å². The van der Waals surface area contributed by atoms with Crippen molar-refractivity contribution in [1.29, 1.82) is 0 Å². The highest BCUT2D eigenvalue weighted by atomic mass is 32.2. The molecule has 0 aromatic heterocycles. The Hall–Kier alpha value is -1.26. The Labute approximate surface area is 154 Å². The molecule has 130 valence electrons. The van der Waals surface area contributed by atoms with E-state index in [1.54, 1.807) is 14.2 Å². The van der Waals surface area contributed by atoms with Crippen LogP contribution in [0.1, 0.15) is 35.5 Å². The first-order chi connectivity index (χ1) is 11.7. The Morgan fingerprint density at radius 3 is 1.50 bits per heavy atom. The highest BCUT2D eigenvalue weighted by Crippen LogP contribution is 2.48. The van der Waals surface area contributed by atoms with Crippen molar-refractivity contribution in [2.45, 2.75) is 24.3 Å². The summed E-state index contributed by atoms with van der Waals surface area (Å²) < 4.78 is 10.9. The fourth-order valence-corrected chi connectivity index (χ4v) is 5.24. The van der Waals surface area contributed by atoms with Gasteiger partial charge in [0.1, 0.15) is 11.5 Å². The lowest BCUT2D eigenvalue weighted by Crippen LogP contribution is -2.07. The van der Waals surface area contributed by atoms with Gasteiger partial charge >= 0.3 is 0 Å². The van der Waals surface area contributed by atoms with Gasteiger partial charge in [-0.2, -0.15) is 23.5 Å². The number of rotatable bonds is 9. The van der Waals surface area contributed by atoms with Crippen LogP contribution in [0.25, 0.3) is 0 Å². The van der Waals surface area contributed by atoms with Gasteiger partial charge in [0.2, 0.25) is 0 Å². The van der Waals surface area contributed by atoms with E-state index in [4.69, 9.17) is 9.47 Å². The molecule has 0 aliphatic heterocycles. The molecule has 0 aliphatic carbocycles. The van der Waals surface area contributed by atoms with Gasteiger partial charge in [-0.1, -0.05) is 38.1 Å². The normalized spacial score (nSPS) is 13.3. The molecule has 0 heterocycles. The van der Waals surface area contributed by atoms with Crippen molar-refractivity contribution in [3.63, 3.8) is 0 Å². The summed E-state index contributed by atoms with van der Waals surface area (Å²) in [6.07, 6.45) is 0. The van der Waals surface area contributed by atoms with Gasteiger partial charge in [-0.3, -0.25) is 0 Å². The Balaban J connectivity index is 2.42. The molecule has 2 rings (SSSR count). The maximum atomic E-state index is 5.43. The monoisotopic (exact) mass is 362 g/mol. The summed E-state index contributed by atoms with van der Waals surface area (Å²) in [4.78, 5) is 0. The maximum absolute atomic E-state index is 5.43. The smallest absolute Gasteiger partial charge is 0.119 e. The number of thioether (sulfide) groups is 2. The zero-order chi connectivity index (χ0) is 17.4. The minimum atomic E-state index is 0.377. The van der Waals surface area contributed by atoms with Crippen LogP contribution in [-0.2, 0) is 0 Å². The third-order valence-corrected chi connectivity index (χ3v) is 6.46. The molecule has 2 nitrogen and oxygen atoms in total. The van der Waals surface area contributed by atoms with E-state index in [9.17, 15) is 0 Å². The molecule has 2 aromatic rings. The molecule has 0 aliphatic rings. The molecule has 2 aromatic carbocycles. The van der Waals surface area contributed by atoms with Gasteiger partial charge in [-0.25, -0.2) is 0 Å². The Kier molecular flexibility index (Phi) is 7.86. The highest BCUT2D eigenvalue weighted by molar-refractivity contribution is 8.03. The Morgan fingerprint density at radius 2 is 1.17 bits per heavy atom. The summed E-state index contributed by atoms with van der Waals surface area (Å²) >= 11 is 3.98. The molecule has 24 heavy (non-hydrogen) atoms. The van der Waals surface area contributed by atoms with E-state index >= 15 is 0 Å². The number of ether oxygens (including phenoxy) is 2. The van der Waals surface area contributed by atoms with Gasteiger partial charge in [0.05, 0.1) is 14.2 Å². The first-order valence-corrected chi connectivity index (χ1v) is 10.3. The lowest BCUT2D eigenvalue weighted by Gasteiger charge is -2.27. The quantitative estimate of drug-likeness (QED) is 0.545. The number of hydrogen-bond acceptors (Lipinski definition) is 4. The van der Waals surface area contributed by atoms with Gasteiger partial charge < -0.3 is 9.47 Å². The van der Waals surface area contributed by atoms with E-state index in [1.807, 2.05) is 35.7 Å². The van der Waals surface area contributed by atoms with Crippen LogP contribution < -0.4 is 9.47 Å². The van der Waals surface area contributed by atoms with Gasteiger partial charge in [0, 0.05) is 10.5 Å². The second-order valence-corrected chi connectivity index (χ2v) is 8.14. The fourth-order valence-electron chi connectivity index (χ4n) is 2.71. The fraction of sp³-hybridized carbons (Fsp3) is 0.400. The predicted octanol–water partition coefficient (Wildman–Crippen LogP) is 5.99. The van der Waals surface area contributed by atoms with Crippen molar-refractivity contribution in [3.8, 4) is 11.5 Å². The third-order valence-electron chi connectivity index (χ3n) is 3.81. The van der Waals surface area contributed by atoms with Crippen LogP contribution in [0.4, 0.5) is 0 Å². The summed E-state index contributed by atoms with van der Waals surface area (Å²) in [6.45, 7) is 4.44. The largest absolute Gasteiger partial charge is 0.497 e. The average Bonchev–Trinajstić information content (AvgIpc) is 2.64. The summed E-state index contributed by atoms with van der Waals surface area (Å²) in [7, 11) is 3.45. The highest BCUT2D eigenvalue weighted by Gasteiger charge is 2.25. The van der Waals surface area contributed by atoms with Gasteiger partial charge in [-0.15, -0.1) is 0 Å². The summed E-state index contributed by atoms with van der Waals surface area (Å²) in [6, 6.07) is 16.9. The number of methoxy groups -OCH3 is 2. The minimum Gasteiger partial charge on any atom is -0.497 e. The molecule has 4 heteroatoms. The lowest BCUT2D eigenvalue weighted by molar-refractivity contribution is 0.413. The third kappa shape index (κ3) is 4.87. The molecule has 0 unspecified atom stereocenters. The lowest BCUT2D eigenvalue weighted by atomic mass is 10.0. The van der Waals surface area contributed by atoms with Gasteiger partial charge in [0.25, 0.3) is 0 Å². The molecule has 0 fully saturated rings. The van der Waals surface area contributed by atoms with Crippen LogP contribution in [-0.4, -0.2) is 25.7 Å². The minimum absolute atomic E-state index is 0.377. The van der Waals surface area contributed by atoms with Crippen molar-refractivity contribution in [3.05, 3.63) is 59.7 Å². The molecule has 0 bridgehead atoms. The van der Waals surface area contributed by atoms with Crippen LogP contribution in [0.15, 0.2) is 48.5 Å². The second-order valence-electron chi connectivity index (χ2n) is 5.31. The van der Waals surface area contributed by atoms with Crippen molar-refractivity contribution in [2.24, 2.45) is 0 Å². The molecular weight excluding hydrogens is 336 g/mol. The van der Waals surface area contributed by atoms with E-state index in [1.165, 1.54) is 11.1 Å². The Bertz CT molecular complexity index is 575. The molecule has 0 radical (unpaired) electrons. The molecule has 0 saturated carbocycles. The topological polar surface area (TPSA) is 18.5 Å². The summed E-state index contributed by atoms with van der Waals surface area (Å²) in [5.41, 5.74) is 2.63. The van der Waals surface area contributed by atoms with E-state index < -0.39 is 0 Å². The van der Waals surface area contributed by atoms with E-state index in [2.05, 4.69) is 50.2 Å². The number of hydrogen-bond donors (Lipinski definition) is 0. The summed E-state index contributed by atoms with van der Waals surface area (Å²) in [5.74, 6) is 3.99. The number of benzene rings is 2. The first kappa shape index (κ1) is 19.1. The van der Waals surface area contributed by atoms with Crippen LogP contribution in [0.3, 0.4) is 0 Å². The van der Waals surface area contributed by atoms with Gasteiger partial charge in [-0.05, 0) is 46.9 Å². The van der Waals surface area contributed by atoms with Crippen molar-refractivity contribution in [1.82, 2.24) is 0 Å². The molecule has 2 atom stereocenters. The van der Waals surface area contributed by atoms with Crippen molar-refractivity contribution < 1.29 is 9.47 Å². The molecule has 0 amide bonds. The maximum Gasteiger partial charge on any atom is 0.119 e. The van der Waals surface area contributed by atoms with Crippen LogP contribution in [0.5, 0.6) is 11.5 Å². The SMILES string of the molecule is CCS[C@@H](c1cccc(OC)c1)[C@@H](SCC)c1cccc(OC)c1. The zero-order valence-electron chi connectivity index (χ0n) is 14.8. The molecule has 0 N–H and O–H groups in total. The second kappa shape index (κ2) is 9.90. The molecular formula is C20H26O2S2. The van der Waals surface area contributed by atoms with E-state index in [0.717, 1.165) is 23.0 Å². The first-order valence-electron chi connectivity index (χ1n) is 8.24. The van der Waals surface area contributed by atoms with E-state index in [0.29, 0.717) is 10.5 Å². The average molecular weight is 363 g/mol. The predicted molar refractivity (Wildman–Crippen MR) is 108 cm³/mol. The summed E-state index contributed by atoms with van der Waals surface area (Å²) in [5, 5.41) is 0.754. The zero-order valence-corrected chi connectivity index (χ0v) is 16.5. The van der Waals surface area contributed by atoms with Crippen LogP contribution >= 0.6 is 23.5 Å². The standard InChI is InChI=1S/C20H26O2S2/c1-5-23-19(15-9-7-11-17(13-15)21-3)20(24-6-2)16-10-8-12-18(14-16)22-4/h7-14,19-20H,5-6H2,1-4H3/t19-,20-/m0/s1. The van der Waals surface area contributed by atoms with Crippen LogP contribution in [0, 0.1) is 0 Å². The molecule has 0 saturated heterocycles. The molecule has 0 spiro atoms. The Morgan fingerprint density at radius 1 is 0.750 bits per heavy atom. The van der Waals surface area contributed by atoms with Crippen molar-refractivity contribution >= 4 is 23.5 Å².